The Balaban J connectivity index is 0.887. The molecule has 0 amide bonds. The van der Waals surface area contributed by atoms with Crippen molar-refractivity contribution < 1.29 is 13.7 Å². The van der Waals surface area contributed by atoms with E-state index in [0.29, 0.717) is 0 Å². The molecule has 0 aliphatic rings. The zero-order valence-corrected chi connectivity index (χ0v) is 37.0. The van der Waals surface area contributed by atoms with E-state index in [-0.39, 0.29) is 0 Å². The van der Waals surface area contributed by atoms with E-state index in [2.05, 4.69) is 186 Å². The second-order valence-electron chi connectivity index (χ2n) is 16.8. The standard InChI is InChI=1S/C55H75N4/c1-4-5-6-7-8-9-10-11-12-13-14-15-16-19-41-58-45-36-53(37-46-58)54-38-47-59(48-39-54)42-21-18-17-20-40-57-43-34-52(35-44-57)29-28-50-24-22-49(23-25-50)26-27-51-30-32-55(33-31-51)56(2)3/h22-39,43-48H,4-21,40-42H2,1-3H3/q+3. The van der Waals surface area contributed by atoms with E-state index < -0.39 is 0 Å². The molecule has 4 nitrogen and oxygen atoms in total. The zero-order valence-electron chi connectivity index (χ0n) is 37.0. The third-order valence-corrected chi connectivity index (χ3v) is 11.7. The normalized spacial score (nSPS) is 11.6. The van der Waals surface area contributed by atoms with Crippen molar-refractivity contribution >= 4 is 30.0 Å². The van der Waals surface area contributed by atoms with Gasteiger partial charge in [-0.1, -0.05) is 145 Å². The first-order valence-corrected chi connectivity index (χ1v) is 23.3. The molecule has 0 spiro atoms. The fourth-order valence-corrected chi connectivity index (χ4v) is 7.74. The lowest BCUT2D eigenvalue weighted by atomic mass is 10.0. The van der Waals surface area contributed by atoms with Crippen molar-refractivity contribution in [2.45, 2.75) is 142 Å². The molecule has 0 aliphatic heterocycles. The van der Waals surface area contributed by atoms with Crippen LogP contribution in [0.2, 0.25) is 0 Å². The molecule has 0 bridgehead atoms. The highest BCUT2D eigenvalue weighted by Crippen LogP contribution is 2.18. The number of hydrogen-bond donors (Lipinski definition) is 0. The van der Waals surface area contributed by atoms with E-state index in [0.717, 1.165) is 19.6 Å². The first-order valence-electron chi connectivity index (χ1n) is 23.3. The van der Waals surface area contributed by atoms with Gasteiger partial charge in [-0.05, 0) is 64.8 Å². The Labute approximate surface area is 359 Å². The van der Waals surface area contributed by atoms with Gasteiger partial charge in [-0.3, -0.25) is 0 Å². The molecule has 0 fully saturated rings. The summed E-state index contributed by atoms with van der Waals surface area (Å²) in [7, 11) is 4.13. The predicted molar refractivity (Wildman–Crippen MR) is 253 cm³/mol. The minimum absolute atomic E-state index is 1.07. The van der Waals surface area contributed by atoms with Gasteiger partial charge in [-0.2, -0.15) is 0 Å². The number of benzene rings is 2. The van der Waals surface area contributed by atoms with Gasteiger partial charge in [0, 0.05) is 75.4 Å². The van der Waals surface area contributed by atoms with Gasteiger partial charge in [-0.25, -0.2) is 13.7 Å². The molecule has 3 heterocycles. The first-order chi connectivity index (χ1) is 29.1. The van der Waals surface area contributed by atoms with Gasteiger partial charge in [0.25, 0.3) is 0 Å². The zero-order chi connectivity index (χ0) is 41.2. The summed E-state index contributed by atoms with van der Waals surface area (Å²) in [5.41, 5.74) is 8.65. The maximum Gasteiger partial charge on any atom is 0.169 e. The molecule has 5 aromatic rings. The van der Waals surface area contributed by atoms with Crippen molar-refractivity contribution in [3.63, 3.8) is 0 Å². The van der Waals surface area contributed by atoms with Crippen molar-refractivity contribution in [3.8, 4) is 11.1 Å². The average molecular weight is 792 g/mol. The van der Waals surface area contributed by atoms with Crippen molar-refractivity contribution in [1.29, 1.82) is 0 Å². The summed E-state index contributed by atoms with van der Waals surface area (Å²) in [6, 6.07) is 30.9. The van der Waals surface area contributed by atoms with Crippen LogP contribution in [0.15, 0.2) is 122 Å². The van der Waals surface area contributed by atoms with Crippen molar-refractivity contribution in [2.75, 3.05) is 19.0 Å². The Morgan fingerprint density at radius 3 is 0.932 bits per heavy atom. The smallest absolute Gasteiger partial charge is 0.169 e. The van der Waals surface area contributed by atoms with Gasteiger partial charge in [0.2, 0.25) is 0 Å². The molecule has 0 unspecified atom stereocenters. The summed E-state index contributed by atoms with van der Waals surface area (Å²) in [6.07, 6.45) is 46.8. The summed E-state index contributed by atoms with van der Waals surface area (Å²) in [6.45, 7) is 5.57. The highest BCUT2D eigenvalue weighted by Gasteiger charge is 2.07. The predicted octanol–water partition coefficient (Wildman–Crippen LogP) is 13.4. The molecule has 59 heavy (non-hydrogen) atoms. The van der Waals surface area contributed by atoms with Crippen LogP contribution in [0.25, 0.3) is 35.4 Å². The van der Waals surface area contributed by atoms with Crippen LogP contribution in [0, 0.1) is 0 Å². The highest BCUT2D eigenvalue weighted by molar-refractivity contribution is 5.73. The number of unbranched alkanes of at least 4 members (excludes halogenated alkanes) is 16. The maximum atomic E-state index is 2.35. The van der Waals surface area contributed by atoms with Crippen LogP contribution in [0.3, 0.4) is 0 Å². The molecule has 0 N–H and O–H groups in total. The van der Waals surface area contributed by atoms with Crippen LogP contribution >= 0.6 is 0 Å². The minimum Gasteiger partial charge on any atom is -0.378 e. The molecular weight excluding hydrogens is 717 g/mol. The Hall–Kier alpha value is -4.83. The van der Waals surface area contributed by atoms with Gasteiger partial charge in [0.1, 0.15) is 19.6 Å². The van der Waals surface area contributed by atoms with Crippen molar-refractivity contribution in [3.05, 3.63) is 144 Å². The highest BCUT2D eigenvalue weighted by atomic mass is 15.1. The van der Waals surface area contributed by atoms with E-state index in [9.17, 15) is 0 Å². The second kappa shape index (κ2) is 27.0. The van der Waals surface area contributed by atoms with Gasteiger partial charge in [0.05, 0.1) is 0 Å². The summed E-state index contributed by atoms with van der Waals surface area (Å²) < 4.78 is 7.00. The Morgan fingerprint density at radius 2 is 0.610 bits per heavy atom. The van der Waals surface area contributed by atoms with Gasteiger partial charge < -0.3 is 4.90 Å². The number of aryl methyl sites for hydroxylation is 3. The second-order valence-corrected chi connectivity index (χ2v) is 16.8. The summed E-state index contributed by atoms with van der Waals surface area (Å²) in [5, 5.41) is 0. The quantitative estimate of drug-likeness (QED) is 0.0280. The summed E-state index contributed by atoms with van der Waals surface area (Å²) >= 11 is 0. The number of hydrogen-bond acceptors (Lipinski definition) is 1. The lowest BCUT2D eigenvalue weighted by molar-refractivity contribution is -0.698. The molecule has 3 aromatic heterocycles. The molecular formula is C55H75N4+3. The molecule has 312 valence electrons. The summed E-state index contributed by atoms with van der Waals surface area (Å²) in [5.74, 6) is 0. The van der Waals surface area contributed by atoms with E-state index >= 15 is 0 Å². The van der Waals surface area contributed by atoms with Crippen molar-refractivity contribution in [2.24, 2.45) is 0 Å². The molecule has 0 radical (unpaired) electrons. The number of nitrogens with zero attached hydrogens (tertiary/aromatic N) is 4. The van der Waals surface area contributed by atoms with Gasteiger partial charge in [0.15, 0.2) is 37.2 Å². The lowest BCUT2D eigenvalue weighted by Gasteiger charge is -2.11. The third kappa shape index (κ3) is 17.9. The average Bonchev–Trinajstić information content (AvgIpc) is 3.27. The minimum atomic E-state index is 1.07. The van der Waals surface area contributed by atoms with Crippen LogP contribution < -0.4 is 18.6 Å². The van der Waals surface area contributed by atoms with E-state index in [4.69, 9.17) is 0 Å². The Morgan fingerprint density at radius 1 is 0.339 bits per heavy atom. The largest absolute Gasteiger partial charge is 0.378 e. The first kappa shape index (κ1) is 45.3. The summed E-state index contributed by atoms with van der Waals surface area (Å²) in [4.78, 5) is 2.12. The number of anilines is 1. The fraction of sp³-hybridized carbons (Fsp3) is 0.436. The van der Waals surface area contributed by atoms with E-state index in [1.54, 1.807) is 0 Å². The number of aromatic nitrogens is 3. The molecule has 0 saturated heterocycles. The maximum absolute atomic E-state index is 2.35. The van der Waals surface area contributed by atoms with E-state index in [1.165, 1.54) is 155 Å². The SMILES string of the molecule is CCCCCCCCCCCCCCCC[n+]1ccc(-c2cc[n+](CCCCCC[n+]3ccc(/C=C/c4ccc(/C=C/c5ccc(N(C)C)cc5)cc4)cc3)cc2)cc1. The monoisotopic (exact) mass is 792 g/mol. The van der Waals surface area contributed by atoms with Crippen LogP contribution in [-0.4, -0.2) is 14.1 Å². The van der Waals surface area contributed by atoms with Crippen LogP contribution in [0.4, 0.5) is 5.69 Å². The van der Waals surface area contributed by atoms with Crippen LogP contribution in [-0.2, 0) is 19.6 Å². The molecule has 5 rings (SSSR count). The van der Waals surface area contributed by atoms with Gasteiger partial charge in [-0.15, -0.1) is 0 Å². The Bertz CT molecular complexity index is 1890. The van der Waals surface area contributed by atoms with Crippen LogP contribution in [0.1, 0.15) is 145 Å². The molecule has 2 aromatic carbocycles. The van der Waals surface area contributed by atoms with Crippen LogP contribution in [0.5, 0.6) is 0 Å². The fourth-order valence-electron chi connectivity index (χ4n) is 7.74. The number of pyridine rings is 3. The Kier molecular flexibility index (Phi) is 20.7. The molecule has 0 saturated carbocycles. The third-order valence-electron chi connectivity index (χ3n) is 11.7. The number of rotatable bonds is 28. The van der Waals surface area contributed by atoms with Crippen molar-refractivity contribution in [1.82, 2.24) is 0 Å². The topological polar surface area (TPSA) is 14.9 Å². The molecule has 4 heteroatoms. The van der Waals surface area contributed by atoms with E-state index in [1.807, 2.05) is 0 Å². The lowest BCUT2D eigenvalue weighted by Crippen LogP contribution is -2.33. The van der Waals surface area contributed by atoms with Gasteiger partial charge >= 0.3 is 0 Å². The molecule has 0 aliphatic carbocycles. The molecule has 0 atom stereocenters.